The van der Waals surface area contributed by atoms with E-state index in [0.29, 0.717) is 27.3 Å². The number of amides is 2. The lowest BCUT2D eigenvalue weighted by Crippen LogP contribution is -2.44. The summed E-state index contributed by atoms with van der Waals surface area (Å²) in [5, 5.41) is 15.3. The molecule has 0 aliphatic carbocycles. The second-order valence-electron chi connectivity index (χ2n) is 7.04. The second kappa shape index (κ2) is 10.1. The first-order chi connectivity index (χ1) is 16.0. The quantitative estimate of drug-likeness (QED) is 0.390. The Hall–Kier alpha value is -3.37. The number of hydrogen-bond donors (Lipinski definition) is 2. The zero-order chi connectivity index (χ0) is 23.4. The van der Waals surface area contributed by atoms with E-state index in [1.165, 1.54) is 11.8 Å². The SMILES string of the molecule is CCOC(=O)C1=C(CSc2nnc(-c3ccncc3)n2-c2cccc(Cl)c2C)NC(=O)NC1. The van der Waals surface area contributed by atoms with Crippen LogP contribution in [0.4, 0.5) is 4.79 Å². The van der Waals surface area contributed by atoms with Crippen LogP contribution in [-0.4, -0.2) is 50.7 Å². The molecule has 0 saturated heterocycles. The van der Waals surface area contributed by atoms with Crippen molar-refractivity contribution in [3.63, 3.8) is 0 Å². The van der Waals surface area contributed by atoms with Crippen molar-refractivity contribution >= 4 is 35.4 Å². The van der Waals surface area contributed by atoms with Crippen LogP contribution in [0.25, 0.3) is 17.1 Å². The van der Waals surface area contributed by atoms with E-state index >= 15 is 0 Å². The average Bonchev–Trinajstić information content (AvgIpc) is 3.24. The highest BCUT2D eigenvalue weighted by molar-refractivity contribution is 7.99. The number of ether oxygens (including phenoxy) is 1. The number of aromatic nitrogens is 4. The van der Waals surface area contributed by atoms with Crippen LogP contribution in [0, 0.1) is 6.92 Å². The summed E-state index contributed by atoms with van der Waals surface area (Å²) in [6, 6.07) is 8.96. The molecule has 0 radical (unpaired) electrons. The standard InChI is InChI=1S/C22H21ClN6O3S/c1-3-32-20(30)15-11-25-21(31)26-17(15)12-33-22-28-27-19(14-7-9-24-10-8-14)29(22)18-6-4-5-16(23)13(18)2/h4-10H,3,11-12H2,1-2H3,(H2,25,26,31). The van der Waals surface area contributed by atoms with Gasteiger partial charge < -0.3 is 15.4 Å². The molecule has 3 heterocycles. The van der Waals surface area contributed by atoms with Gasteiger partial charge in [-0.25, -0.2) is 9.59 Å². The van der Waals surface area contributed by atoms with Gasteiger partial charge in [-0.3, -0.25) is 9.55 Å². The molecule has 1 aliphatic rings. The number of nitrogens with zero attached hydrogens (tertiary/aromatic N) is 4. The minimum absolute atomic E-state index is 0.100. The lowest BCUT2D eigenvalue weighted by atomic mass is 10.2. The van der Waals surface area contributed by atoms with Gasteiger partial charge in [-0.15, -0.1) is 10.2 Å². The van der Waals surface area contributed by atoms with Crippen LogP contribution in [0.5, 0.6) is 0 Å². The summed E-state index contributed by atoms with van der Waals surface area (Å²) in [6.07, 6.45) is 3.37. The van der Waals surface area contributed by atoms with E-state index in [-0.39, 0.29) is 24.9 Å². The predicted molar refractivity (Wildman–Crippen MR) is 125 cm³/mol. The third-order valence-corrected chi connectivity index (χ3v) is 6.34. The summed E-state index contributed by atoms with van der Waals surface area (Å²) in [6.45, 7) is 4.01. The maximum atomic E-state index is 12.4. The van der Waals surface area contributed by atoms with E-state index in [1.54, 1.807) is 19.3 Å². The first kappa shape index (κ1) is 22.8. The number of rotatable bonds is 7. The molecule has 0 bridgehead atoms. The van der Waals surface area contributed by atoms with Crippen molar-refractivity contribution in [2.75, 3.05) is 18.9 Å². The Morgan fingerprint density at radius 1 is 1.24 bits per heavy atom. The molecule has 0 saturated carbocycles. The van der Waals surface area contributed by atoms with Gasteiger partial charge in [0.1, 0.15) is 0 Å². The minimum Gasteiger partial charge on any atom is -0.463 e. The van der Waals surface area contributed by atoms with Gasteiger partial charge in [0.25, 0.3) is 0 Å². The molecule has 2 amide bonds. The molecule has 9 nitrogen and oxygen atoms in total. The molecule has 0 atom stereocenters. The molecule has 0 unspecified atom stereocenters. The molecule has 2 aromatic heterocycles. The van der Waals surface area contributed by atoms with Gasteiger partial charge in [0.05, 0.1) is 24.4 Å². The monoisotopic (exact) mass is 484 g/mol. The van der Waals surface area contributed by atoms with Crippen molar-refractivity contribution in [1.82, 2.24) is 30.4 Å². The van der Waals surface area contributed by atoms with Gasteiger partial charge in [-0.1, -0.05) is 29.4 Å². The van der Waals surface area contributed by atoms with Gasteiger partial charge in [-0.05, 0) is 43.7 Å². The third-order valence-electron chi connectivity index (χ3n) is 4.97. The summed E-state index contributed by atoms with van der Waals surface area (Å²) in [5.74, 6) is 0.444. The van der Waals surface area contributed by atoms with Crippen LogP contribution in [0.3, 0.4) is 0 Å². The molecule has 11 heteroatoms. The summed E-state index contributed by atoms with van der Waals surface area (Å²) >= 11 is 7.74. The molecule has 2 N–H and O–H groups in total. The lowest BCUT2D eigenvalue weighted by Gasteiger charge is -2.21. The van der Waals surface area contributed by atoms with E-state index in [0.717, 1.165) is 16.8 Å². The Kier molecular flexibility index (Phi) is 6.95. The third kappa shape index (κ3) is 4.86. The Bertz CT molecular complexity index is 1230. The highest BCUT2D eigenvalue weighted by Crippen LogP contribution is 2.32. The summed E-state index contributed by atoms with van der Waals surface area (Å²) < 4.78 is 7.04. The zero-order valence-corrected chi connectivity index (χ0v) is 19.5. The number of pyridine rings is 1. The van der Waals surface area contributed by atoms with Gasteiger partial charge in [0, 0.05) is 34.4 Å². The number of nitrogens with one attached hydrogen (secondary N) is 2. The number of hydrogen-bond acceptors (Lipinski definition) is 7. The van der Waals surface area contributed by atoms with Crippen LogP contribution in [0.15, 0.2) is 59.2 Å². The highest BCUT2D eigenvalue weighted by atomic mass is 35.5. The fraction of sp³-hybridized carbons (Fsp3) is 0.227. The molecule has 170 valence electrons. The smallest absolute Gasteiger partial charge is 0.337 e. The van der Waals surface area contributed by atoms with Crippen molar-refractivity contribution in [1.29, 1.82) is 0 Å². The molecule has 0 spiro atoms. The minimum atomic E-state index is -0.467. The van der Waals surface area contributed by atoms with E-state index in [2.05, 4.69) is 25.8 Å². The number of carbonyl (C=O) groups excluding carboxylic acids is 2. The normalized spacial score (nSPS) is 13.5. The molecule has 3 aromatic rings. The Morgan fingerprint density at radius 2 is 2.03 bits per heavy atom. The van der Waals surface area contributed by atoms with E-state index in [9.17, 15) is 9.59 Å². The largest absolute Gasteiger partial charge is 0.463 e. The van der Waals surface area contributed by atoms with Crippen LogP contribution in [-0.2, 0) is 9.53 Å². The van der Waals surface area contributed by atoms with Crippen LogP contribution < -0.4 is 10.6 Å². The van der Waals surface area contributed by atoms with Crippen LogP contribution >= 0.6 is 23.4 Å². The molecular weight excluding hydrogens is 464 g/mol. The zero-order valence-electron chi connectivity index (χ0n) is 18.0. The molecule has 4 rings (SSSR count). The maximum absolute atomic E-state index is 12.4. The molecule has 33 heavy (non-hydrogen) atoms. The van der Waals surface area contributed by atoms with Gasteiger partial charge in [0.15, 0.2) is 11.0 Å². The van der Waals surface area contributed by atoms with E-state index < -0.39 is 5.97 Å². The molecule has 1 aromatic carbocycles. The predicted octanol–water partition coefficient (Wildman–Crippen LogP) is 3.51. The first-order valence-electron chi connectivity index (χ1n) is 10.2. The fourth-order valence-corrected chi connectivity index (χ4v) is 4.41. The fourth-order valence-electron chi connectivity index (χ4n) is 3.31. The van der Waals surface area contributed by atoms with Crippen molar-refractivity contribution in [3.05, 3.63) is 64.6 Å². The van der Waals surface area contributed by atoms with Gasteiger partial charge in [0.2, 0.25) is 0 Å². The van der Waals surface area contributed by atoms with Crippen LogP contribution in [0.2, 0.25) is 5.02 Å². The molecule has 1 aliphatic heterocycles. The van der Waals surface area contributed by atoms with Crippen molar-refractivity contribution < 1.29 is 14.3 Å². The number of halogens is 1. The number of carbonyl (C=O) groups is 2. The Balaban J connectivity index is 1.74. The van der Waals surface area contributed by atoms with Crippen molar-refractivity contribution in [2.24, 2.45) is 0 Å². The first-order valence-corrected chi connectivity index (χ1v) is 11.5. The molecular formula is C22H21ClN6O3S. The Morgan fingerprint density at radius 3 is 2.79 bits per heavy atom. The van der Waals surface area contributed by atoms with Gasteiger partial charge in [-0.2, -0.15) is 0 Å². The number of thioether (sulfide) groups is 1. The summed E-state index contributed by atoms with van der Waals surface area (Å²) in [5.41, 5.74) is 3.40. The van der Waals surface area contributed by atoms with Crippen LogP contribution in [0.1, 0.15) is 12.5 Å². The highest BCUT2D eigenvalue weighted by Gasteiger charge is 2.25. The number of urea groups is 1. The molecule has 0 fully saturated rings. The summed E-state index contributed by atoms with van der Waals surface area (Å²) in [4.78, 5) is 28.3. The van der Waals surface area contributed by atoms with Gasteiger partial charge >= 0.3 is 12.0 Å². The number of benzene rings is 1. The van der Waals surface area contributed by atoms with E-state index in [4.69, 9.17) is 16.3 Å². The lowest BCUT2D eigenvalue weighted by molar-refractivity contribution is -0.138. The average molecular weight is 485 g/mol. The summed E-state index contributed by atoms with van der Waals surface area (Å²) in [7, 11) is 0. The van der Waals surface area contributed by atoms with Crippen molar-refractivity contribution in [2.45, 2.75) is 19.0 Å². The number of esters is 1. The Labute approximate surface area is 199 Å². The second-order valence-corrected chi connectivity index (χ2v) is 8.39. The maximum Gasteiger partial charge on any atom is 0.337 e. The van der Waals surface area contributed by atoms with E-state index in [1.807, 2.05) is 41.8 Å². The van der Waals surface area contributed by atoms with Crippen molar-refractivity contribution in [3.8, 4) is 17.1 Å². The topological polar surface area (TPSA) is 111 Å².